The number of hydrogen-bond donors (Lipinski definition) is 0. The molecule has 35 heavy (non-hydrogen) atoms. The lowest BCUT2D eigenvalue weighted by Gasteiger charge is -2.14. The Bertz CT molecular complexity index is 1360. The maximum atomic E-state index is 14.8. The predicted octanol–water partition coefficient (Wildman–Crippen LogP) is 8.59. The highest BCUT2D eigenvalue weighted by atomic mass is 19.4. The van der Waals surface area contributed by atoms with Crippen LogP contribution in [-0.2, 0) is 0 Å². The van der Waals surface area contributed by atoms with Gasteiger partial charge >= 0.3 is 6.36 Å². The van der Waals surface area contributed by atoms with E-state index >= 15 is 0 Å². The third-order valence-corrected chi connectivity index (χ3v) is 5.21. The molecule has 9 heteroatoms. The molecule has 0 amide bonds. The minimum Gasteiger partial charge on any atom is -0.399 e. The Morgan fingerprint density at radius 3 is 1.54 bits per heavy atom. The average molecular weight is 494 g/mol. The summed E-state index contributed by atoms with van der Waals surface area (Å²) in [4.78, 5) is 0. The molecule has 1 nitrogen and oxygen atoms in total. The van der Waals surface area contributed by atoms with E-state index in [1.807, 2.05) is 19.1 Å². The lowest BCUT2D eigenvalue weighted by Crippen LogP contribution is -2.19. The van der Waals surface area contributed by atoms with Crippen LogP contribution in [0.25, 0.3) is 33.4 Å². The van der Waals surface area contributed by atoms with Crippen LogP contribution >= 0.6 is 0 Å². The normalized spacial score (nSPS) is 11.6. The maximum Gasteiger partial charge on any atom is 0.573 e. The van der Waals surface area contributed by atoms with Crippen LogP contribution in [0.1, 0.15) is 5.56 Å². The van der Waals surface area contributed by atoms with Gasteiger partial charge < -0.3 is 4.74 Å². The lowest BCUT2D eigenvalue weighted by molar-refractivity contribution is -0.276. The monoisotopic (exact) mass is 494 g/mol. The quantitative estimate of drug-likeness (QED) is 0.258. The lowest BCUT2D eigenvalue weighted by atomic mass is 9.96. The van der Waals surface area contributed by atoms with E-state index in [2.05, 4.69) is 4.74 Å². The summed E-state index contributed by atoms with van der Waals surface area (Å²) in [6, 6.07) is 13.5. The van der Waals surface area contributed by atoms with Gasteiger partial charge in [-0.25, -0.2) is 22.0 Å². The number of rotatable bonds is 4. The Labute approximate surface area is 194 Å². The molecule has 0 aromatic heterocycles. The summed E-state index contributed by atoms with van der Waals surface area (Å²) in [5.41, 5.74) is 0.366. The van der Waals surface area contributed by atoms with Crippen molar-refractivity contribution < 1.29 is 39.9 Å². The Balaban J connectivity index is 1.71. The van der Waals surface area contributed by atoms with E-state index in [4.69, 9.17) is 0 Å². The summed E-state index contributed by atoms with van der Waals surface area (Å²) in [5, 5.41) is 0. The summed E-state index contributed by atoms with van der Waals surface area (Å²) in [7, 11) is 0. The summed E-state index contributed by atoms with van der Waals surface area (Å²) in [5.74, 6) is -8.73. The number of benzene rings is 4. The van der Waals surface area contributed by atoms with Crippen molar-refractivity contribution in [1.82, 2.24) is 0 Å². The minimum absolute atomic E-state index is 0.128. The first-order valence-corrected chi connectivity index (χ1v) is 10.0. The van der Waals surface area contributed by atoms with Crippen LogP contribution in [0.5, 0.6) is 5.75 Å². The van der Waals surface area contributed by atoms with Crippen LogP contribution in [-0.4, -0.2) is 6.36 Å². The van der Waals surface area contributed by atoms with Crippen molar-refractivity contribution in [3.8, 4) is 39.1 Å². The number of alkyl halides is 3. The highest BCUT2D eigenvalue weighted by Crippen LogP contribution is 2.37. The zero-order valence-electron chi connectivity index (χ0n) is 17.8. The molecular weight excluding hydrogens is 480 g/mol. The van der Waals surface area contributed by atoms with Crippen LogP contribution in [0.4, 0.5) is 35.1 Å². The van der Waals surface area contributed by atoms with E-state index in [0.29, 0.717) is 17.7 Å². The molecule has 0 radical (unpaired) electrons. The average Bonchev–Trinajstić information content (AvgIpc) is 2.75. The van der Waals surface area contributed by atoms with Gasteiger partial charge in [0.1, 0.15) is 17.5 Å². The van der Waals surface area contributed by atoms with Crippen molar-refractivity contribution in [2.75, 3.05) is 0 Å². The third-order valence-electron chi connectivity index (χ3n) is 5.21. The molecule has 0 unspecified atom stereocenters. The van der Waals surface area contributed by atoms with Gasteiger partial charge in [0.15, 0.2) is 11.6 Å². The predicted molar refractivity (Wildman–Crippen MR) is 114 cm³/mol. The summed E-state index contributed by atoms with van der Waals surface area (Å²) < 4.78 is 113. The largest absolute Gasteiger partial charge is 0.573 e. The fourth-order valence-electron chi connectivity index (χ4n) is 3.60. The van der Waals surface area contributed by atoms with E-state index in [9.17, 15) is 35.1 Å². The van der Waals surface area contributed by atoms with Crippen molar-refractivity contribution >= 4 is 0 Å². The first-order chi connectivity index (χ1) is 16.4. The molecule has 4 aromatic rings. The van der Waals surface area contributed by atoms with Crippen LogP contribution in [0.15, 0.2) is 66.7 Å². The van der Waals surface area contributed by atoms with E-state index in [0.717, 1.165) is 23.3 Å². The summed E-state index contributed by atoms with van der Waals surface area (Å²) in [6.45, 7) is 1.90. The molecule has 0 saturated heterocycles. The SMILES string of the molecule is Cc1ccc(-c2ccc(-c3cc(F)c(-c4cc(F)c(OC(F)(F)F)c(F)c4)c(F)c3)c(F)c2)cc1. The zero-order valence-corrected chi connectivity index (χ0v) is 17.8. The van der Waals surface area contributed by atoms with Gasteiger partial charge in [-0.3, -0.25) is 0 Å². The Hall–Kier alpha value is -3.88. The maximum absolute atomic E-state index is 14.8. The molecule has 0 saturated carbocycles. The number of aryl methyl sites for hydroxylation is 1. The second-order valence-electron chi connectivity index (χ2n) is 7.69. The van der Waals surface area contributed by atoms with Gasteiger partial charge in [-0.15, -0.1) is 13.2 Å². The highest BCUT2D eigenvalue weighted by Gasteiger charge is 2.34. The van der Waals surface area contributed by atoms with Crippen molar-refractivity contribution in [2.45, 2.75) is 13.3 Å². The standard InChI is InChI=1S/C26H14F8O/c1-13-2-4-14(5-3-13)15-6-7-18(19(27)8-15)16-9-20(28)24(21(29)10-16)17-11-22(30)25(23(31)12-17)35-26(32,33)34/h2-12H,1H3. The summed E-state index contributed by atoms with van der Waals surface area (Å²) in [6.07, 6.45) is -5.37. The molecule has 4 rings (SSSR count). The van der Waals surface area contributed by atoms with Gasteiger partial charge in [0.2, 0.25) is 5.75 Å². The molecular formula is C26H14F8O. The molecule has 0 fully saturated rings. The molecule has 0 spiro atoms. The van der Waals surface area contributed by atoms with Crippen molar-refractivity contribution in [3.05, 3.63) is 101 Å². The van der Waals surface area contributed by atoms with E-state index in [1.165, 1.54) is 12.1 Å². The minimum atomic E-state index is -5.37. The third kappa shape index (κ3) is 5.13. The van der Waals surface area contributed by atoms with Gasteiger partial charge in [0.05, 0.1) is 5.56 Å². The molecule has 0 bridgehead atoms. The Kier molecular flexibility index (Phi) is 6.27. The second kappa shape index (κ2) is 9.05. The van der Waals surface area contributed by atoms with Gasteiger partial charge in [-0.2, -0.15) is 0 Å². The summed E-state index contributed by atoms with van der Waals surface area (Å²) >= 11 is 0. The fraction of sp³-hybridized carbons (Fsp3) is 0.0769. The number of hydrogen-bond acceptors (Lipinski definition) is 1. The Morgan fingerprint density at radius 1 is 0.543 bits per heavy atom. The van der Waals surface area contributed by atoms with E-state index < -0.39 is 52.3 Å². The first kappa shape index (κ1) is 24.3. The molecule has 4 aromatic carbocycles. The fourth-order valence-corrected chi connectivity index (χ4v) is 3.60. The van der Waals surface area contributed by atoms with E-state index in [1.54, 1.807) is 18.2 Å². The first-order valence-electron chi connectivity index (χ1n) is 10.0. The van der Waals surface area contributed by atoms with Gasteiger partial charge in [0.25, 0.3) is 0 Å². The van der Waals surface area contributed by atoms with Crippen LogP contribution in [0.2, 0.25) is 0 Å². The van der Waals surface area contributed by atoms with Crippen LogP contribution in [0, 0.1) is 36.0 Å². The molecule has 0 aliphatic rings. The smallest absolute Gasteiger partial charge is 0.399 e. The highest BCUT2D eigenvalue weighted by molar-refractivity contribution is 5.75. The van der Waals surface area contributed by atoms with Crippen molar-refractivity contribution in [2.24, 2.45) is 0 Å². The number of halogens is 8. The van der Waals surface area contributed by atoms with Crippen LogP contribution < -0.4 is 4.74 Å². The second-order valence-corrected chi connectivity index (χ2v) is 7.69. The molecule has 0 N–H and O–H groups in total. The number of ether oxygens (including phenoxy) is 1. The molecule has 180 valence electrons. The topological polar surface area (TPSA) is 9.23 Å². The zero-order chi connectivity index (χ0) is 25.5. The molecule has 0 aliphatic carbocycles. The van der Waals surface area contributed by atoms with Gasteiger partial charge in [0, 0.05) is 5.56 Å². The van der Waals surface area contributed by atoms with Gasteiger partial charge in [-0.1, -0.05) is 42.0 Å². The molecule has 0 heterocycles. The van der Waals surface area contributed by atoms with Gasteiger partial charge in [-0.05, 0) is 59.5 Å². The molecule has 0 aliphatic heterocycles. The Morgan fingerprint density at radius 2 is 1.03 bits per heavy atom. The molecule has 0 atom stereocenters. The van der Waals surface area contributed by atoms with Crippen molar-refractivity contribution in [3.63, 3.8) is 0 Å². The van der Waals surface area contributed by atoms with Crippen molar-refractivity contribution in [1.29, 1.82) is 0 Å². The van der Waals surface area contributed by atoms with E-state index in [-0.39, 0.29) is 11.1 Å². The van der Waals surface area contributed by atoms with Crippen LogP contribution in [0.3, 0.4) is 0 Å².